The molecule has 0 bridgehead atoms. The van der Waals surface area contributed by atoms with Gasteiger partial charge in [0.1, 0.15) is 0 Å². The molecule has 0 radical (unpaired) electrons. The molecule has 1 N–H and O–H groups in total. The Bertz CT molecular complexity index is 219. The quantitative estimate of drug-likeness (QED) is 0.771. The third kappa shape index (κ3) is 4.54. The maximum atomic E-state index is 5.38. The number of hydrogen-bond acceptors (Lipinski definition) is 4. The zero-order valence-corrected chi connectivity index (χ0v) is 11.3. The van der Waals surface area contributed by atoms with E-state index in [1.807, 2.05) is 0 Å². The summed E-state index contributed by atoms with van der Waals surface area (Å²) in [4.78, 5) is 4.94. The number of rotatable bonds is 4. The molecule has 0 aromatic heterocycles. The van der Waals surface area contributed by atoms with Gasteiger partial charge in [0.15, 0.2) is 0 Å². The van der Waals surface area contributed by atoms with Crippen molar-refractivity contribution in [2.24, 2.45) is 0 Å². The minimum Gasteiger partial charge on any atom is -0.379 e. The lowest BCUT2D eigenvalue weighted by Crippen LogP contribution is -2.51. The van der Waals surface area contributed by atoms with Crippen molar-refractivity contribution in [2.75, 3.05) is 53.0 Å². The molecule has 100 valence electrons. The number of hydrogen-bond donors (Lipinski definition) is 1. The molecule has 17 heavy (non-hydrogen) atoms. The van der Waals surface area contributed by atoms with Gasteiger partial charge in [0.25, 0.3) is 0 Å². The zero-order valence-electron chi connectivity index (χ0n) is 11.3. The first-order valence-corrected chi connectivity index (χ1v) is 6.99. The van der Waals surface area contributed by atoms with Crippen molar-refractivity contribution in [1.82, 2.24) is 15.1 Å². The van der Waals surface area contributed by atoms with E-state index in [1.54, 1.807) is 0 Å². The van der Waals surface area contributed by atoms with Gasteiger partial charge >= 0.3 is 0 Å². The first kappa shape index (κ1) is 13.3. The zero-order chi connectivity index (χ0) is 12.1. The highest BCUT2D eigenvalue weighted by atomic mass is 16.5. The minimum atomic E-state index is 0.588. The first-order valence-electron chi connectivity index (χ1n) is 6.99. The Morgan fingerprint density at radius 3 is 2.76 bits per heavy atom. The molecule has 0 spiro atoms. The molecule has 4 heteroatoms. The van der Waals surface area contributed by atoms with E-state index in [9.17, 15) is 0 Å². The van der Waals surface area contributed by atoms with Crippen LogP contribution in [0.4, 0.5) is 0 Å². The highest BCUT2D eigenvalue weighted by Crippen LogP contribution is 2.09. The average molecular weight is 241 g/mol. The molecule has 2 rings (SSSR count). The second-order valence-electron chi connectivity index (χ2n) is 5.58. The van der Waals surface area contributed by atoms with Crippen LogP contribution in [-0.4, -0.2) is 74.9 Å². The second-order valence-corrected chi connectivity index (χ2v) is 5.58. The van der Waals surface area contributed by atoms with Gasteiger partial charge in [-0.1, -0.05) is 0 Å². The van der Waals surface area contributed by atoms with Crippen LogP contribution in [0.1, 0.15) is 19.8 Å². The Labute approximate surface area is 105 Å². The van der Waals surface area contributed by atoms with Crippen LogP contribution in [-0.2, 0) is 4.74 Å². The molecule has 4 nitrogen and oxygen atoms in total. The molecule has 2 heterocycles. The van der Waals surface area contributed by atoms with E-state index in [0.29, 0.717) is 12.1 Å². The summed E-state index contributed by atoms with van der Waals surface area (Å²) >= 11 is 0. The maximum Gasteiger partial charge on any atom is 0.0594 e. The van der Waals surface area contributed by atoms with Crippen molar-refractivity contribution >= 4 is 0 Å². The summed E-state index contributed by atoms with van der Waals surface area (Å²) < 4.78 is 5.38. The Balaban J connectivity index is 1.66. The van der Waals surface area contributed by atoms with E-state index < -0.39 is 0 Å². The largest absolute Gasteiger partial charge is 0.379 e. The Morgan fingerprint density at radius 2 is 2.06 bits per heavy atom. The molecular formula is C13H27N3O. The van der Waals surface area contributed by atoms with Crippen LogP contribution in [0.5, 0.6) is 0 Å². The van der Waals surface area contributed by atoms with Crippen molar-refractivity contribution in [1.29, 1.82) is 0 Å². The SMILES string of the molecule is CC(CN1CCOCC1)NC1CCCN(C)C1. The molecule has 2 fully saturated rings. The lowest BCUT2D eigenvalue weighted by molar-refractivity contribution is 0.0332. The molecular weight excluding hydrogens is 214 g/mol. The van der Waals surface area contributed by atoms with Crippen LogP contribution in [0.3, 0.4) is 0 Å². The number of likely N-dealkylation sites (N-methyl/N-ethyl adjacent to an activating group) is 1. The smallest absolute Gasteiger partial charge is 0.0594 e. The first-order chi connectivity index (χ1) is 8.24. The molecule has 0 amide bonds. The van der Waals surface area contributed by atoms with Crippen molar-refractivity contribution in [3.63, 3.8) is 0 Å². The van der Waals surface area contributed by atoms with E-state index in [2.05, 4.69) is 29.1 Å². The summed E-state index contributed by atoms with van der Waals surface area (Å²) in [5.41, 5.74) is 0. The lowest BCUT2D eigenvalue weighted by Gasteiger charge is -2.35. The Morgan fingerprint density at radius 1 is 1.29 bits per heavy atom. The van der Waals surface area contributed by atoms with Crippen LogP contribution in [0.25, 0.3) is 0 Å². The molecule has 0 aliphatic carbocycles. The maximum absolute atomic E-state index is 5.38. The van der Waals surface area contributed by atoms with E-state index in [-0.39, 0.29) is 0 Å². The fraction of sp³-hybridized carbons (Fsp3) is 1.00. The van der Waals surface area contributed by atoms with Gasteiger partial charge < -0.3 is 15.0 Å². The molecule has 2 atom stereocenters. The molecule has 0 aromatic carbocycles. The summed E-state index contributed by atoms with van der Waals surface area (Å²) in [7, 11) is 2.22. The highest BCUT2D eigenvalue weighted by molar-refractivity contribution is 4.80. The van der Waals surface area contributed by atoms with E-state index in [1.165, 1.54) is 25.9 Å². The van der Waals surface area contributed by atoms with Gasteiger partial charge in [-0.25, -0.2) is 0 Å². The van der Waals surface area contributed by atoms with E-state index in [0.717, 1.165) is 32.8 Å². The monoisotopic (exact) mass is 241 g/mol. The summed E-state index contributed by atoms with van der Waals surface area (Å²) in [6.45, 7) is 9.92. The topological polar surface area (TPSA) is 27.7 Å². The number of morpholine rings is 1. The molecule has 0 saturated carbocycles. The van der Waals surface area contributed by atoms with Crippen LogP contribution < -0.4 is 5.32 Å². The van der Waals surface area contributed by atoms with Gasteiger partial charge in [0.2, 0.25) is 0 Å². The van der Waals surface area contributed by atoms with Gasteiger partial charge in [-0.05, 0) is 33.4 Å². The van der Waals surface area contributed by atoms with E-state index >= 15 is 0 Å². The minimum absolute atomic E-state index is 0.588. The van der Waals surface area contributed by atoms with Crippen LogP contribution in [0.2, 0.25) is 0 Å². The summed E-state index contributed by atoms with van der Waals surface area (Å²) in [5, 5.41) is 3.77. The van der Waals surface area contributed by atoms with Crippen LogP contribution in [0, 0.1) is 0 Å². The van der Waals surface area contributed by atoms with Crippen LogP contribution in [0.15, 0.2) is 0 Å². The molecule has 0 aromatic rings. The lowest BCUT2D eigenvalue weighted by atomic mass is 10.1. The summed E-state index contributed by atoms with van der Waals surface area (Å²) in [5.74, 6) is 0. The molecule has 2 saturated heterocycles. The molecule has 2 aliphatic rings. The van der Waals surface area contributed by atoms with Gasteiger partial charge in [0, 0.05) is 38.3 Å². The Kier molecular flexibility index (Phi) is 5.22. The fourth-order valence-corrected chi connectivity index (χ4v) is 2.93. The predicted octanol–water partition coefficient (Wildman–Crippen LogP) is 0.391. The average Bonchev–Trinajstić information content (AvgIpc) is 2.30. The fourth-order valence-electron chi connectivity index (χ4n) is 2.93. The summed E-state index contributed by atoms with van der Waals surface area (Å²) in [6.07, 6.45) is 2.66. The second kappa shape index (κ2) is 6.69. The normalized spacial score (nSPS) is 30.4. The Hall–Kier alpha value is -0.160. The third-order valence-corrected chi connectivity index (χ3v) is 3.78. The summed E-state index contributed by atoms with van der Waals surface area (Å²) in [6, 6.07) is 1.27. The van der Waals surface area contributed by atoms with Crippen molar-refractivity contribution in [2.45, 2.75) is 31.8 Å². The van der Waals surface area contributed by atoms with Gasteiger partial charge in [-0.2, -0.15) is 0 Å². The number of nitrogens with zero attached hydrogens (tertiary/aromatic N) is 2. The van der Waals surface area contributed by atoms with Gasteiger partial charge in [-0.3, -0.25) is 4.90 Å². The van der Waals surface area contributed by atoms with Crippen LogP contribution >= 0.6 is 0 Å². The van der Waals surface area contributed by atoms with E-state index in [4.69, 9.17) is 4.74 Å². The van der Waals surface area contributed by atoms with Crippen molar-refractivity contribution in [3.05, 3.63) is 0 Å². The molecule has 2 unspecified atom stereocenters. The number of nitrogens with one attached hydrogen (secondary N) is 1. The predicted molar refractivity (Wildman–Crippen MR) is 70.4 cm³/mol. The number of piperidine rings is 1. The standard InChI is InChI=1S/C13H27N3O/c1-12(10-16-6-8-17-9-7-16)14-13-4-3-5-15(2)11-13/h12-14H,3-11H2,1-2H3. The third-order valence-electron chi connectivity index (χ3n) is 3.78. The number of ether oxygens (including phenoxy) is 1. The van der Waals surface area contributed by atoms with Gasteiger partial charge in [-0.15, -0.1) is 0 Å². The van der Waals surface area contributed by atoms with Crippen molar-refractivity contribution < 1.29 is 4.74 Å². The van der Waals surface area contributed by atoms with Crippen molar-refractivity contribution in [3.8, 4) is 0 Å². The highest BCUT2D eigenvalue weighted by Gasteiger charge is 2.20. The molecule has 2 aliphatic heterocycles. The number of likely N-dealkylation sites (tertiary alicyclic amines) is 1. The van der Waals surface area contributed by atoms with Gasteiger partial charge in [0.05, 0.1) is 13.2 Å².